The molecule has 0 spiro atoms. The molecule has 0 bridgehead atoms. The minimum absolute atomic E-state index is 0.240. The summed E-state index contributed by atoms with van der Waals surface area (Å²) in [6.45, 7) is 5.55. The van der Waals surface area contributed by atoms with E-state index >= 15 is 0 Å². The van der Waals surface area contributed by atoms with Gasteiger partial charge in [-0.2, -0.15) is 0 Å². The zero-order valence-corrected chi connectivity index (χ0v) is 11.8. The van der Waals surface area contributed by atoms with Crippen LogP contribution in [0.4, 0.5) is 11.6 Å². The summed E-state index contributed by atoms with van der Waals surface area (Å²) in [5.41, 5.74) is 0. The van der Waals surface area contributed by atoms with Crippen LogP contribution in [-0.2, 0) is 0 Å². The van der Waals surface area contributed by atoms with Gasteiger partial charge >= 0.3 is 0 Å². The lowest BCUT2D eigenvalue weighted by atomic mass is 10.1. The van der Waals surface area contributed by atoms with Crippen molar-refractivity contribution in [1.82, 2.24) is 9.97 Å². The van der Waals surface area contributed by atoms with Gasteiger partial charge in [0.15, 0.2) is 0 Å². The Morgan fingerprint density at radius 1 is 1.53 bits per heavy atom. The molecule has 5 heteroatoms. The lowest BCUT2D eigenvalue weighted by molar-refractivity contribution is 0.275. The maximum absolute atomic E-state index is 9.13. The van der Waals surface area contributed by atoms with Gasteiger partial charge in [0.1, 0.15) is 18.0 Å². The first kappa shape index (κ1) is 14.1. The summed E-state index contributed by atoms with van der Waals surface area (Å²) in [6, 6.07) is 2.84. The Labute approximate surface area is 115 Å². The smallest absolute Gasteiger partial charge is 0.134 e. The maximum atomic E-state index is 9.13. The highest BCUT2D eigenvalue weighted by atomic mass is 16.3. The van der Waals surface area contributed by atoms with Crippen molar-refractivity contribution in [2.75, 3.05) is 23.4 Å². The summed E-state index contributed by atoms with van der Waals surface area (Å²) in [5.74, 6) is 1.85. The molecule has 1 aromatic rings. The third-order valence-corrected chi connectivity index (χ3v) is 3.79. The summed E-state index contributed by atoms with van der Waals surface area (Å²) in [5, 5.41) is 12.5. The van der Waals surface area contributed by atoms with Gasteiger partial charge in [0, 0.05) is 31.3 Å². The fourth-order valence-corrected chi connectivity index (χ4v) is 2.52. The van der Waals surface area contributed by atoms with Crippen LogP contribution in [0.5, 0.6) is 0 Å². The van der Waals surface area contributed by atoms with Crippen molar-refractivity contribution in [3.8, 4) is 0 Å². The average Bonchev–Trinajstić information content (AvgIpc) is 2.87. The van der Waals surface area contributed by atoms with Crippen LogP contribution in [0.1, 0.15) is 39.5 Å². The van der Waals surface area contributed by atoms with Crippen LogP contribution >= 0.6 is 0 Å². The molecule has 1 aromatic heterocycles. The molecule has 0 aliphatic carbocycles. The molecule has 2 unspecified atom stereocenters. The molecule has 0 aromatic carbocycles. The average molecular weight is 264 g/mol. The molecular weight excluding hydrogens is 240 g/mol. The van der Waals surface area contributed by atoms with Crippen molar-refractivity contribution in [3.63, 3.8) is 0 Å². The van der Waals surface area contributed by atoms with Gasteiger partial charge in [-0.15, -0.1) is 0 Å². The number of anilines is 2. The summed E-state index contributed by atoms with van der Waals surface area (Å²) in [7, 11) is 0. The van der Waals surface area contributed by atoms with E-state index in [1.807, 2.05) is 6.07 Å². The SMILES string of the molecule is CCC(C)Nc1cc(N2CCCC2CCO)ncn1. The summed E-state index contributed by atoms with van der Waals surface area (Å²) in [6.07, 6.45) is 5.81. The summed E-state index contributed by atoms with van der Waals surface area (Å²) < 4.78 is 0. The first-order valence-corrected chi connectivity index (χ1v) is 7.20. The van der Waals surface area contributed by atoms with E-state index in [-0.39, 0.29) is 6.61 Å². The zero-order chi connectivity index (χ0) is 13.7. The van der Waals surface area contributed by atoms with Crippen LogP contribution in [0.25, 0.3) is 0 Å². The molecule has 19 heavy (non-hydrogen) atoms. The van der Waals surface area contributed by atoms with Crippen LogP contribution in [-0.4, -0.2) is 40.3 Å². The molecule has 1 fully saturated rings. The van der Waals surface area contributed by atoms with Crippen LogP contribution < -0.4 is 10.2 Å². The fraction of sp³-hybridized carbons (Fsp3) is 0.714. The minimum atomic E-state index is 0.240. The number of nitrogens with one attached hydrogen (secondary N) is 1. The summed E-state index contributed by atoms with van der Waals surface area (Å²) in [4.78, 5) is 10.9. The molecule has 2 heterocycles. The molecule has 1 aliphatic rings. The Morgan fingerprint density at radius 2 is 2.37 bits per heavy atom. The second-order valence-electron chi connectivity index (χ2n) is 5.22. The van der Waals surface area contributed by atoms with Crippen molar-refractivity contribution in [2.45, 2.75) is 51.6 Å². The largest absolute Gasteiger partial charge is 0.396 e. The highest BCUT2D eigenvalue weighted by Crippen LogP contribution is 2.26. The van der Waals surface area contributed by atoms with E-state index in [2.05, 4.69) is 34.0 Å². The Kier molecular flexibility index (Phi) is 4.96. The minimum Gasteiger partial charge on any atom is -0.396 e. The van der Waals surface area contributed by atoms with E-state index in [9.17, 15) is 0 Å². The standard InChI is InChI=1S/C14H24N4O/c1-3-11(2)17-13-9-14(16-10-15-13)18-7-4-5-12(18)6-8-19/h9-12,19H,3-8H2,1-2H3,(H,15,16,17). The van der Waals surface area contributed by atoms with Gasteiger partial charge in [0.25, 0.3) is 0 Å². The zero-order valence-electron chi connectivity index (χ0n) is 11.8. The Balaban J connectivity index is 2.09. The van der Waals surface area contributed by atoms with Crippen LogP contribution in [0.15, 0.2) is 12.4 Å². The fourth-order valence-electron chi connectivity index (χ4n) is 2.52. The van der Waals surface area contributed by atoms with Gasteiger partial charge in [-0.05, 0) is 32.6 Å². The molecule has 5 nitrogen and oxygen atoms in total. The molecule has 0 saturated carbocycles. The van der Waals surface area contributed by atoms with Crippen molar-refractivity contribution in [1.29, 1.82) is 0 Å². The number of rotatable bonds is 6. The third-order valence-electron chi connectivity index (χ3n) is 3.79. The Bertz CT molecular complexity index is 399. The number of aliphatic hydroxyl groups is 1. The van der Waals surface area contributed by atoms with Crippen molar-refractivity contribution >= 4 is 11.6 Å². The van der Waals surface area contributed by atoms with E-state index in [1.54, 1.807) is 6.33 Å². The Hall–Kier alpha value is -1.36. The topological polar surface area (TPSA) is 61.3 Å². The van der Waals surface area contributed by atoms with Crippen molar-refractivity contribution < 1.29 is 5.11 Å². The van der Waals surface area contributed by atoms with Gasteiger partial charge in [0.2, 0.25) is 0 Å². The lowest BCUT2D eigenvalue weighted by Gasteiger charge is -2.25. The van der Waals surface area contributed by atoms with Gasteiger partial charge in [-0.3, -0.25) is 0 Å². The first-order chi connectivity index (χ1) is 9.24. The monoisotopic (exact) mass is 264 g/mol. The molecule has 2 N–H and O–H groups in total. The van der Waals surface area contributed by atoms with Gasteiger partial charge < -0.3 is 15.3 Å². The van der Waals surface area contributed by atoms with Gasteiger partial charge in [-0.25, -0.2) is 9.97 Å². The number of hydrogen-bond acceptors (Lipinski definition) is 5. The van der Waals surface area contributed by atoms with Gasteiger partial charge in [0.05, 0.1) is 0 Å². The highest BCUT2D eigenvalue weighted by molar-refractivity contribution is 5.50. The number of aliphatic hydroxyl groups excluding tert-OH is 1. The predicted octanol–water partition coefficient (Wildman–Crippen LogP) is 2.04. The molecule has 1 aliphatic heterocycles. The highest BCUT2D eigenvalue weighted by Gasteiger charge is 2.25. The normalized spacial score (nSPS) is 20.6. The van der Waals surface area contributed by atoms with E-state index in [0.29, 0.717) is 12.1 Å². The molecule has 2 atom stereocenters. The van der Waals surface area contributed by atoms with Crippen LogP contribution in [0.2, 0.25) is 0 Å². The molecular formula is C14H24N4O. The quantitative estimate of drug-likeness (QED) is 0.823. The van der Waals surface area contributed by atoms with E-state index < -0.39 is 0 Å². The van der Waals surface area contributed by atoms with E-state index in [1.165, 1.54) is 6.42 Å². The van der Waals surface area contributed by atoms with Crippen LogP contribution in [0.3, 0.4) is 0 Å². The lowest BCUT2D eigenvalue weighted by Crippen LogP contribution is -2.30. The molecule has 0 radical (unpaired) electrons. The predicted molar refractivity (Wildman–Crippen MR) is 77.5 cm³/mol. The number of hydrogen-bond donors (Lipinski definition) is 2. The van der Waals surface area contributed by atoms with Crippen molar-refractivity contribution in [3.05, 3.63) is 12.4 Å². The molecule has 1 saturated heterocycles. The number of nitrogens with zero attached hydrogens (tertiary/aromatic N) is 3. The van der Waals surface area contributed by atoms with Crippen LogP contribution in [0, 0.1) is 0 Å². The Morgan fingerprint density at radius 3 is 3.11 bits per heavy atom. The van der Waals surface area contributed by atoms with Gasteiger partial charge in [-0.1, -0.05) is 6.92 Å². The first-order valence-electron chi connectivity index (χ1n) is 7.20. The van der Waals surface area contributed by atoms with E-state index in [0.717, 1.165) is 37.4 Å². The summed E-state index contributed by atoms with van der Waals surface area (Å²) >= 11 is 0. The molecule has 2 rings (SSSR count). The molecule has 106 valence electrons. The van der Waals surface area contributed by atoms with E-state index in [4.69, 9.17) is 5.11 Å². The number of aromatic nitrogens is 2. The maximum Gasteiger partial charge on any atom is 0.134 e. The van der Waals surface area contributed by atoms with Crippen molar-refractivity contribution in [2.24, 2.45) is 0 Å². The second-order valence-corrected chi connectivity index (χ2v) is 5.22. The molecule has 0 amide bonds. The second kappa shape index (κ2) is 6.70. The third kappa shape index (κ3) is 3.56.